The number of hydrogen-bond acceptors (Lipinski definition) is 3. The fourth-order valence-electron chi connectivity index (χ4n) is 3.06. The number of halogens is 3. The van der Waals surface area contributed by atoms with Crippen LogP contribution in [0.2, 0.25) is 0 Å². The first-order valence-electron chi connectivity index (χ1n) is 7.70. The monoisotopic (exact) mass is 340 g/mol. The molecule has 0 spiro atoms. The Labute approximate surface area is 138 Å². The molecule has 0 aromatic heterocycles. The van der Waals surface area contributed by atoms with E-state index in [1.54, 1.807) is 0 Å². The van der Waals surface area contributed by atoms with Crippen molar-refractivity contribution in [3.05, 3.63) is 42.0 Å². The molecule has 1 fully saturated rings. The van der Waals surface area contributed by atoms with Gasteiger partial charge >= 0.3 is 6.18 Å². The Balaban J connectivity index is 2.09. The molecule has 1 aliphatic carbocycles. The molecule has 0 aliphatic heterocycles. The second-order valence-corrected chi connectivity index (χ2v) is 6.01. The van der Waals surface area contributed by atoms with Crippen molar-refractivity contribution in [3.8, 4) is 5.75 Å². The highest BCUT2D eigenvalue weighted by Gasteiger charge is 2.46. The van der Waals surface area contributed by atoms with E-state index in [9.17, 15) is 22.8 Å². The molecule has 3 nitrogen and oxygen atoms in total. The fourth-order valence-corrected chi connectivity index (χ4v) is 3.06. The van der Waals surface area contributed by atoms with E-state index in [0.717, 1.165) is 25.0 Å². The normalized spacial score (nSPS) is 21.4. The molecule has 6 heteroatoms. The third-order valence-electron chi connectivity index (χ3n) is 4.48. The summed E-state index contributed by atoms with van der Waals surface area (Å²) in [6.07, 6.45) is -2.16. The summed E-state index contributed by atoms with van der Waals surface area (Å²) in [5.74, 6) is -0.179. The fraction of sp³-hybridized carbons (Fsp3) is 0.444. The molecule has 0 bridgehead atoms. The van der Waals surface area contributed by atoms with Crippen molar-refractivity contribution in [3.63, 3.8) is 0 Å². The summed E-state index contributed by atoms with van der Waals surface area (Å²) in [5, 5.41) is 0. The Bertz CT molecular complexity index is 646. The molecule has 0 saturated heterocycles. The maximum absolute atomic E-state index is 12.5. The average molecular weight is 340 g/mol. The topological polar surface area (TPSA) is 43.4 Å². The number of benzene rings is 1. The van der Waals surface area contributed by atoms with Crippen LogP contribution in [0.4, 0.5) is 13.2 Å². The number of hydrogen-bond donors (Lipinski definition) is 0. The first-order valence-corrected chi connectivity index (χ1v) is 7.70. The zero-order chi connectivity index (χ0) is 18.0. The summed E-state index contributed by atoms with van der Waals surface area (Å²) < 4.78 is 43.0. The van der Waals surface area contributed by atoms with E-state index in [0.29, 0.717) is 18.4 Å². The van der Waals surface area contributed by atoms with Gasteiger partial charge in [0.05, 0.1) is 5.56 Å². The molecule has 130 valence electrons. The van der Waals surface area contributed by atoms with Gasteiger partial charge in [-0.3, -0.25) is 9.59 Å². The van der Waals surface area contributed by atoms with E-state index in [2.05, 4.69) is 6.58 Å². The van der Waals surface area contributed by atoms with Crippen LogP contribution in [0.3, 0.4) is 0 Å². The Morgan fingerprint density at radius 1 is 1.25 bits per heavy atom. The third-order valence-corrected chi connectivity index (χ3v) is 4.48. The third kappa shape index (κ3) is 3.52. The van der Waals surface area contributed by atoms with Crippen LogP contribution in [0.5, 0.6) is 5.75 Å². The largest absolute Gasteiger partial charge is 0.489 e. The number of ketones is 2. The Morgan fingerprint density at radius 3 is 2.38 bits per heavy atom. The zero-order valence-corrected chi connectivity index (χ0v) is 13.4. The van der Waals surface area contributed by atoms with Gasteiger partial charge in [-0.25, -0.2) is 0 Å². The number of ether oxygens (including phenoxy) is 1. The lowest BCUT2D eigenvalue weighted by atomic mass is 9.66. The van der Waals surface area contributed by atoms with Gasteiger partial charge in [-0.05, 0) is 49.6 Å². The van der Waals surface area contributed by atoms with E-state index < -0.39 is 17.2 Å². The second-order valence-electron chi connectivity index (χ2n) is 6.01. The van der Waals surface area contributed by atoms with Crippen LogP contribution >= 0.6 is 0 Å². The molecule has 2 rings (SSSR count). The maximum atomic E-state index is 12.5. The molecule has 1 aliphatic rings. The van der Waals surface area contributed by atoms with Gasteiger partial charge in [0.25, 0.3) is 0 Å². The molecule has 24 heavy (non-hydrogen) atoms. The number of alkyl halides is 3. The lowest BCUT2D eigenvalue weighted by molar-refractivity contribution is -0.140. The lowest BCUT2D eigenvalue weighted by Crippen LogP contribution is -2.43. The lowest BCUT2D eigenvalue weighted by Gasteiger charge is -2.35. The van der Waals surface area contributed by atoms with Gasteiger partial charge in [-0.1, -0.05) is 13.0 Å². The quantitative estimate of drug-likeness (QED) is 0.591. The molecule has 1 unspecified atom stereocenters. The van der Waals surface area contributed by atoms with Crippen molar-refractivity contribution in [2.45, 2.75) is 38.8 Å². The molecular weight excluding hydrogens is 321 g/mol. The maximum Gasteiger partial charge on any atom is 0.416 e. The van der Waals surface area contributed by atoms with Crippen LogP contribution in [0.25, 0.3) is 0 Å². The van der Waals surface area contributed by atoms with Crippen molar-refractivity contribution >= 4 is 11.6 Å². The van der Waals surface area contributed by atoms with Crippen LogP contribution in [0.1, 0.15) is 38.2 Å². The van der Waals surface area contributed by atoms with Crippen LogP contribution < -0.4 is 4.74 Å². The average Bonchev–Trinajstić information content (AvgIpc) is 2.52. The summed E-state index contributed by atoms with van der Waals surface area (Å²) in [6, 6.07) is 4.26. The van der Waals surface area contributed by atoms with Crippen LogP contribution in [0, 0.1) is 5.41 Å². The number of carbonyl (C=O) groups excluding carboxylic acids is 2. The van der Waals surface area contributed by atoms with Gasteiger partial charge < -0.3 is 4.74 Å². The minimum absolute atomic E-state index is 0.0866. The minimum atomic E-state index is -4.41. The molecule has 1 atom stereocenters. The zero-order valence-electron chi connectivity index (χ0n) is 13.4. The SMILES string of the molecule is C=C(COc1ccc(C(F)(F)F)cc1)C1(C(C)=O)CCCCC1=O. The van der Waals surface area contributed by atoms with E-state index in [4.69, 9.17) is 4.74 Å². The smallest absolute Gasteiger partial charge is 0.416 e. The van der Waals surface area contributed by atoms with Crippen molar-refractivity contribution in [2.24, 2.45) is 5.41 Å². The van der Waals surface area contributed by atoms with Crippen LogP contribution in [-0.4, -0.2) is 18.2 Å². The number of rotatable bonds is 5. The van der Waals surface area contributed by atoms with Crippen LogP contribution in [0.15, 0.2) is 36.4 Å². The molecule has 1 aromatic rings. The minimum Gasteiger partial charge on any atom is -0.489 e. The highest BCUT2D eigenvalue weighted by molar-refractivity contribution is 6.09. The van der Waals surface area contributed by atoms with Gasteiger partial charge in [-0.15, -0.1) is 0 Å². The summed E-state index contributed by atoms with van der Waals surface area (Å²) in [5.41, 5.74) is -1.62. The number of carbonyl (C=O) groups is 2. The molecular formula is C18H19F3O3. The van der Waals surface area contributed by atoms with Crippen LogP contribution in [-0.2, 0) is 15.8 Å². The van der Waals surface area contributed by atoms with Crippen molar-refractivity contribution in [2.75, 3.05) is 6.61 Å². The summed E-state index contributed by atoms with van der Waals surface area (Å²) in [7, 11) is 0. The predicted molar refractivity (Wildman–Crippen MR) is 82.7 cm³/mol. The van der Waals surface area contributed by atoms with E-state index in [-0.39, 0.29) is 23.9 Å². The highest BCUT2D eigenvalue weighted by atomic mass is 19.4. The van der Waals surface area contributed by atoms with E-state index in [1.807, 2.05) is 0 Å². The Kier molecular flexibility index (Phi) is 5.16. The van der Waals surface area contributed by atoms with Gasteiger partial charge in [0, 0.05) is 6.42 Å². The predicted octanol–water partition coefficient (Wildman–Crippen LogP) is 4.36. The van der Waals surface area contributed by atoms with Gasteiger partial charge in [0.2, 0.25) is 0 Å². The standard InChI is InChI=1S/C18H19F3O3/c1-12(17(13(2)22)10-4-3-5-16(17)23)11-24-15-8-6-14(7-9-15)18(19,20)21/h6-9H,1,3-5,10-11H2,2H3. The number of Topliss-reactive ketones (excluding diaryl/α,β-unsaturated/α-hetero) is 2. The highest BCUT2D eigenvalue weighted by Crippen LogP contribution is 2.40. The van der Waals surface area contributed by atoms with Gasteiger partial charge in [0.1, 0.15) is 23.6 Å². The molecule has 1 aromatic carbocycles. The van der Waals surface area contributed by atoms with E-state index >= 15 is 0 Å². The molecule has 0 heterocycles. The molecule has 0 amide bonds. The van der Waals surface area contributed by atoms with Crippen molar-refractivity contribution in [1.82, 2.24) is 0 Å². The summed E-state index contributed by atoms with van der Waals surface area (Å²) >= 11 is 0. The van der Waals surface area contributed by atoms with Crippen molar-refractivity contribution in [1.29, 1.82) is 0 Å². The van der Waals surface area contributed by atoms with E-state index in [1.165, 1.54) is 19.1 Å². The Hall–Kier alpha value is -2.11. The molecule has 1 saturated carbocycles. The first kappa shape index (κ1) is 18.2. The first-order chi connectivity index (χ1) is 11.2. The summed E-state index contributed by atoms with van der Waals surface area (Å²) in [4.78, 5) is 24.4. The van der Waals surface area contributed by atoms with Gasteiger partial charge in [-0.2, -0.15) is 13.2 Å². The van der Waals surface area contributed by atoms with Crippen molar-refractivity contribution < 1.29 is 27.5 Å². The summed E-state index contributed by atoms with van der Waals surface area (Å²) in [6.45, 7) is 5.13. The second kappa shape index (κ2) is 6.79. The Morgan fingerprint density at radius 2 is 1.88 bits per heavy atom. The van der Waals surface area contributed by atoms with Gasteiger partial charge in [0.15, 0.2) is 5.78 Å². The molecule has 0 N–H and O–H groups in total. The molecule has 0 radical (unpaired) electrons.